The van der Waals surface area contributed by atoms with Crippen LogP contribution in [-0.2, 0) is 0 Å². The molecule has 1 aromatic rings. The quantitative estimate of drug-likeness (QED) is 0.771. The molecule has 0 N–H and O–H groups in total. The maximum Gasteiger partial charge on any atom is 0.175 e. The fourth-order valence-electron chi connectivity index (χ4n) is 1.21. The molecule has 0 amide bonds. The van der Waals surface area contributed by atoms with Gasteiger partial charge in [0.2, 0.25) is 0 Å². The number of methoxy groups -OCH3 is 1. The van der Waals surface area contributed by atoms with Crippen molar-refractivity contribution in [2.24, 2.45) is 0 Å². The van der Waals surface area contributed by atoms with Crippen LogP contribution in [0.5, 0.6) is 5.75 Å². The molecular weight excluding hydrogens is 239 g/mol. The maximum atomic E-state index is 13.6. The van der Waals surface area contributed by atoms with Gasteiger partial charge in [-0.05, 0) is 12.1 Å². The number of ketones is 1. The van der Waals surface area contributed by atoms with Crippen molar-refractivity contribution in [2.45, 2.75) is 25.5 Å². The van der Waals surface area contributed by atoms with Gasteiger partial charge >= 0.3 is 0 Å². The maximum absolute atomic E-state index is 13.6. The average molecular weight is 256 g/mol. The highest BCUT2D eigenvalue weighted by atomic mass is 32.2. The highest BCUT2D eigenvalue weighted by molar-refractivity contribution is 8.01. The Balaban J connectivity index is 2.76. The average Bonchev–Trinajstić information content (AvgIpc) is 2.24. The first kappa shape index (κ1) is 14.0. The van der Waals surface area contributed by atoms with Crippen LogP contribution in [0, 0.1) is 5.82 Å². The van der Waals surface area contributed by atoms with E-state index in [0.29, 0.717) is 5.75 Å². The molecular formula is C13H17FO2S. The minimum absolute atomic E-state index is 0.00138. The van der Waals surface area contributed by atoms with Crippen LogP contribution < -0.4 is 4.74 Å². The van der Waals surface area contributed by atoms with Crippen molar-refractivity contribution in [2.75, 3.05) is 12.9 Å². The highest BCUT2D eigenvalue weighted by Gasteiger charge is 2.17. The van der Waals surface area contributed by atoms with Gasteiger partial charge in [0.25, 0.3) is 0 Å². The van der Waals surface area contributed by atoms with Crippen LogP contribution in [0.2, 0.25) is 0 Å². The fraction of sp³-hybridized carbons (Fsp3) is 0.462. The van der Waals surface area contributed by atoms with Gasteiger partial charge in [-0.3, -0.25) is 4.79 Å². The summed E-state index contributed by atoms with van der Waals surface area (Å²) in [6, 6.07) is 4.30. The molecule has 0 saturated carbocycles. The van der Waals surface area contributed by atoms with Crippen molar-refractivity contribution in [3.8, 4) is 5.75 Å². The lowest BCUT2D eigenvalue weighted by Gasteiger charge is -2.16. The van der Waals surface area contributed by atoms with Crippen molar-refractivity contribution < 1.29 is 13.9 Å². The summed E-state index contributed by atoms with van der Waals surface area (Å²) in [6.07, 6.45) is 0. The number of ether oxygens (including phenoxy) is 1. The fourth-order valence-corrected chi connectivity index (χ4v) is 1.93. The summed E-state index contributed by atoms with van der Waals surface area (Å²) >= 11 is 1.51. The van der Waals surface area contributed by atoms with E-state index < -0.39 is 5.82 Å². The van der Waals surface area contributed by atoms with Crippen LogP contribution in [0.15, 0.2) is 18.2 Å². The normalized spacial score (nSPS) is 11.4. The molecule has 0 aromatic heterocycles. The van der Waals surface area contributed by atoms with Crippen molar-refractivity contribution in [3.05, 3.63) is 29.6 Å². The van der Waals surface area contributed by atoms with Crippen LogP contribution in [-0.4, -0.2) is 23.4 Å². The third kappa shape index (κ3) is 4.38. The Bertz CT molecular complexity index is 410. The molecule has 0 aliphatic rings. The topological polar surface area (TPSA) is 26.3 Å². The summed E-state index contributed by atoms with van der Waals surface area (Å²) in [5.41, 5.74) is 0.127. The van der Waals surface area contributed by atoms with E-state index in [9.17, 15) is 9.18 Å². The molecule has 0 radical (unpaired) electrons. The van der Waals surface area contributed by atoms with E-state index in [0.717, 1.165) is 0 Å². The number of thioether (sulfide) groups is 1. The minimum atomic E-state index is -0.524. The van der Waals surface area contributed by atoms with E-state index in [2.05, 4.69) is 0 Å². The van der Waals surface area contributed by atoms with E-state index >= 15 is 0 Å². The SMILES string of the molecule is COc1ccc(C(=O)CSC(C)(C)C)c(F)c1. The lowest BCUT2D eigenvalue weighted by Crippen LogP contribution is -2.14. The van der Waals surface area contributed by atoms with Gasteiger partial charge < -0.3 is 4.74 Å². The van der Waals surface area contributed by atoms with Crippen molar-refractivity contribution in [1.29, 1.82) is 0 Å². The minimum Gasteiger partial charge on any atom is -0.497 e. The molecule has 0 bridgehead atoms. The third-order valence-corrected chi connectivity index (χ3v) is 3.39. The highest BCUT2D eigenvalue weighted by Crippen LogP contribution is 2.25. The van der Waals surface area contributed by atoms with Crippen LogP contribution >= 0.6 is 11.8 Å². The van der Waals surface area contributed by atoms with Gasteiger partial charge in [0.15, 0.2) is 5.78 Å². The number of hydrogen-bond acceptors (Lipinski definition) is 3. The van der Waals surface area contributed by atoms with E-state index in [-0.39, 0.29) is 21.8 Å². The van der Waals surface area contributed by atoms with E-state index in [1.54, 1.807) is 6.07 Å². The van der Waals surface area contributed by atoms with Gasteiger partial charge in [0, 0.05) is 10.8 Å². The van der Waals surface area contributed by atoms with E-state index in [1.165, 1.54) is 31.0 Å². The molecule has 0 fully saturated rings. The van der Waals surface area contributed by atoms with E-state index in [1.807, 2.05) is 20.8 Å². The molecule has 0 aliphatic carbocycles. The standard InChI is InChI=1S/C13H17FO2S/c1-13(2,3)17-8-12(15)10-6-5-9(16-4)7-11(10)14/h5-7H,8H2,1-4H3. The number of carbonyl (C=O) groups excluding carboxylic acids is 1. The predicted octanol–water partition coefficient (Wildman–Crippen LogP) is 3.55. The Morgan fingerprint density at radius 2 is 2.06 bits per heavy atom. The Kier molecular flexibility index (Phi) is 4.57. The first-order chi connectivity index (χ1) is 7.83. The van der Waals surface area contributed by atoms with Crippen LogP contribution in [0.4, 0.5) is 4.39 Å². The first-order valence-electron chi connectivity index (χ1n) is 5.34. The summed E-state index contributed by atoms with van der Waals surface area (Å²) in [7, 11) is 1.46. The molecule has 4 heteroatoms. The zero-order valence-electron chi connectivity index (χ0n) is 10.5. The number of rotatable bonds is 4. The van der Waals surface area contributed by atoms with Gasteiger partial charge in [-0.25, -0.2) is 4.39 Å². The van der Waals surface area contributed by atoms with Gasteiger partial charge in [-0.1, -0.05) is 20.8 Å². The summed E-state index contributed by atoms with van der Waals surface area (Å²) < 4.78 is 18.5. The lowest BCUT2D eigenvalue weighted by molar-refractivity contribution is 0.101. The van der Waals surface area contributed by atoms with Crippen LogP contribution in [0.3, 0.4) is 0 Å². The van der Waals surface area contributed by atoms with E-state index in [4.69, 9.17) is 4.74 Å². The van der Waals surface area contributed by atoms with Crippen molar-refractivity contribution in [1.82, 2.24) is 0 Å². The second-order valence-corrected chi connectivity index (χ2v) is 6.47. The summed E-state index contributed by atoms with van der Waals surface area (Å²) in [5.74, 6) is -0.0105. The van der Waals surface area contributed by atoms with Gasteiger partial charge in [-0.15, -0.1) is 11.8 Å². The Hall–Kier alpha value is -1.03. The molecule has 0 atom stereocenters. The summed E-state index contributed by atoms with van der Waals surface area (Å²) in [5, 5.41) is 0. The third-order valence-electron chi connectivity index (χ3n) is 2.11. The van der Waals surface area contributed by atoms with Crippen LogP contribution in [0.1, 0.15) is 31.1 Å². The van der Waals surface area contributed by atoms with Gasteiger partial charge in [-0.2, -0.15) is 0 Å². The van der Waals surface area contributed by atoms with Crippen LogP contribution in [0.25, 0.3) is 0 Å². The zero-order chi connectivity index (χ0) is 13.1. The van der Waals surface area contributed by atoms with Crippen molar-refractivity contribution in [3.63, 3.8) is 0 Å². The number of hydrogen-bond donors (Lipinski definition) is 0. The summed E-state index contributed by atoms with van der Waals surface area (Å²) in [4.78, 5) is 11.8. The number of benzene rings is 1. The number of Topliss-reactive ketones (excluding diaryl/α,β-unsaturated/α-hetero) is 1. The Morgan fingerprint density at radius 1 is 1.41 bits per heavy atom. The molecule has 0 saturated heterocycles. The lowest BCUT2D eigenvalue weighted by atomic mass is 10.1. The van der Waals surface area contributed by atoms with Gasteiger partial charge in [0.1, 0.15) is 11.6 Å². The number of halogens is 1. The molecule has 17 heavy (non-hydrogen) atoms. The Morgan fingerprint density at radius 3 is 2.53 bits per heavy atom. The molecule has 0 heterocycles. The Labute approximate surface area is 106 Å². The zero-order valence-corrected chi connectivity index (χ0v) is 11.4. The molecule has 1 rings (SSSR count). The molecule has 0 aliphatic heterocycles. The summed E-state index contributed by atoms with van der Waals surface area (Å²) in [6.45, 7) is 6.07. The molecule has 0 unspecified atom stereocenters. The largest absolute Gasteiger partial charge is 0.497 e. The van der Waals surface area contributed by atoms with Crippen molar-refractivity contribution >= 4 is 17.5 Å². The monoisotopic (exact) mass is 256 g/mol. The molecule has 2 nitrogen and oxygen atoms in total. The second kappa shape index (κ2) is 5.54. The molecule has 1 aromatic carbocycles. The van der Waals surface area contributed by atoms with Gasteiger partial charge in [0.05, 0.1) is 18.4 Å². The smallest absolute Gasteiger partial charge is 0.175 e. The molecule has 94 valence electrons. The molecule has 0 spiro atoms. The number of carbonyl (C=O) groups is 1. The first-order valence-corrected chi connectivity index (χ1v) is 6.33. The predicted molar refractivity (Wildman–Crippen MR) is 69.5 cm³/mol. The second-order valence-electron chi connectivity index (χ2n) is 4.67.